The number of benzene rings is 1. The van der Waals surface area contributed by atoms with Gasteiger partial charge in [-0.25, -0.2) is 9.07 Å². The van der Waals surface area contributed by atoms with Gasteiger partial charge in [-0.2, -0.15) is 18.3 Å². The van der Waals surface area contributed by atoms with Crippen molar-refractivity contribution in [2.24, 2.45) is 0 Å². The van der Waals surface area contributed by atoms with Crippen molar-refractivity contribution in [2.45, 2.75) is 6.18 Å². The first-order valence-corrected chi connectivity index (χ1v) is 5.03. The van der Waals surface area contributed by atoms with E-state index in [-0.39, 0.29) is 5.82 Å². The van der Waals surface area contributed by atoms with E-state index in [2.05, 4.69) is 10.4 Å². The Labute approximate surface area is 100 Å². The highest BCUT2D eigenvalue weighted by Crippen LogP contribution is 2.31. The molecular weight excluding hydrogens is 250 g/mol. The third kappa shape index (κ3) is 2.29. The molecule has 0 fully saturated rings. The van der Waals surface area contributed by atoms with Crippen molar-refractivity contribution in [3.05, 3.63) is 41.8 Å². The first kappa shape index (κ1) is 12.4. The maximum Gasteiger partial charge on any atom is 0.435 e. The van der Waals surface area contributed by atoms with Crippen molar-refractivity contribution in [1.82, 2.24) is 9.78 Å². The van der Waals surface area contributed by atoms with Crippen LogP contribution in [0.2, 0.25) is 0 Å². The van der Waals surface area contributed by atoms with Crippen LogP contribution in [0.4, 0.5) is 23.4 Å². The average Bonchev–Trinajstić information content (AvgIpc) is 2.73. The Balaban J connectivity index is 2.50. The van der Waals surface area contributed by atoms with Crippen LogP contribution in [0.5, 0.6) is 0 Å². The van der Waals surface area contributed by atoms with Crippen LogP contribution in [-0.4, -0.2) is 16.8 Å². The molecule has 0 bridgehead atoms. The zero-order valence-corrected chi connectivity index (χ0v) is 9.29. The predicted octanol–water partition coefficient (Wildman–Crippen LogP) is 3.07. The summed E-state index contributed by atoms with van der Waals surface area (Å²) in [4.78, 5) is 0. The number of halogens is 4. The van der Waals surface area contributed by atoms with E-state index in [9.17, 15) is 17.6 Å². The maximum atomic E-state index is 12.8. The highest BCUT2D eigenvalue weighted by atomic mass is 19.4. The lowest BCUT2D eigenvalue weighted by Gasteiger charge is -2.06. The summed E-state index contributed by atoms with van der Waals surface area (Å²) in [6.45, 7) is 0. The number of nitrogens with one attached hydrogen (secondary N) is 1. The van der Waals surface area contributed by atoms with E-state index in [1.165, 1.54) is 19.2 Å². The predicted molar refractivity (Wildman–Crippen MR) is 58.1 cm³/mol. The monoisotopic (exact) mass is 259 g/mol. The molecule has 1 heterocycles. The van der Waals surface area contributed by atoms with Gasteiger partial charge in [0.1, 0.15) is 11.6 Å². The first-order chi connectivity index (χ1) is 8.41. The summed E-state index contributed by atoms with van der Waals surface area (Å²) in [5.74, 6) is -0.290. The fourth-order valence-electron chi connectivity index (χ4n) is 1.48. The van der Waals surface area contributed by atoms with Gasteiger partial charge in [-0.15, -0.1) is 0 Å². The number of anilines is 1. The summed E-state index contributed by atoms with van der Waals surface area (Å²) in [5.41, 5.74) is -0.660. The molecule has 1 aromatic carbocycles. The number of rotatable bonds is 2. The molecule has 0 saturated heterocycles. The van der Waals surface area contributed by atoms with Crippen LogP contribution in [0, 0.1) is 5.82 Å². The third-order valence-corrected chi connectivity index (χ3v) is 2.33. The Bertz CT molecular complexity index is 542. The summed E-state index contributed by atoms with van der Waals surface area (Å²) >= 11 is 0. The molecule has 7 heteroatoms. The molecule has 0 aliphatic rings. The Morgan fingerprint density at radius 3 is 2.28 bits per heavy atom. The van der Waals surface area contributed by atoms with Gasteiger partial charge >= 0.3 is 6.18 Å². The number of nitrogens with zero attached hydrogens (tertiary/aromatic N) is 2. The molecule has 2 aromatic rings. The van der Waals surface area contributed by atoms with Crippen molar-refractivity contribution < 1.29 is 17.6 Å². The van der Waals surface area contributed by atoms with Gasteiger partial charge in [0, 0.05) is 13.1 Å². The smallest absolute Gasteiger partial charge is 0.373 e. The molecule has 0 amide bonds. The minimum absolute atomic E-state index is 0.175. The molecule has 18 heavy (non-hydrogen) atoms. The van der Waals surface area contributed by atoms with E-state index in [1.807, 2.05) is 0 Å². The summed E-state index contributed by atoms with van der Waals surface area (Å²) in [5, 5.41) is 6.07. The van der Waals surface area contributed by atoms with Crippen molar-refractivity contribution in [3.63, 3.8) is 0 Å². The third-order valence-electron chi connectivity index (χ3n) is 2.33. The molecular formula is C11H9F4N3. The Kier molecular flexibility index (Phi) is 2.98. The molecule has 0 radical (unpaired) electrons. The average molecular weight is 259 g/mol. The zero-order valence-electron chi connectivity index (χ0n) is 9.29. The molecule has 3 nitrogen and oxygen atoms in total. The highest BCUT2D eigenvalue weighted by molar-refractivity contribution is 5.46. The van der Waals surface area contributed by atoms with E-state index in [0.29, 0.717) is 5.69 Å². The quantitative estimate of drug-likeness (QED) is 0.840. The van der Waals surface area contributed by atoms with Crippen LogP contribution < -0.4 is 5.32 Å². The molecule has 0 aliphatic carbocycles. The largest absolute Gasteiger partial charge is 0.435 e. The van der Waals surface area contributed by atoms with Gasteiger partial charge < -0.3 is 5.32 Å². The van der Waals surface area contributed by atoms with Crippen molar-refractivity contribution in [1.29, 1.82) is 0 Å². The van der Waals surface area contributed by atoms with Crippen LogP contribution >= 0.6 is 0 Å². The molecule has 0 unspecified atom stereocenters. The number of hydrogen-bond donors (Lipinski definition) is 1. The van der Waals surface area contributed by atoms with E-state index in [1.54, 1.807) is 0 Å². The van der Waals surface area contributed by atoms with E-state index in [4.69, 9.17) is 0 Å². The van der Waals surface area contributed by atoms with E-state index >= 15 is 0 Å². The Morgan fingerprint density at radius 2 is 1.78 bits per heavy atom. The van der Waals surface area contributed by atoms with Crippen molar-refractivity contribution in [3.8, 4) is 5.69 Å². The number of alkyl halides is 3. The summed E-state index contributed by atoms with van der Waals surface area (Å²) < 4.78 is 51.4. The van der Waals surface area contributed by atoms with Gasteiger partial charge in [-0.1, -0.05) is 0 Å². The van der Waals surface area contributed by atoms with Crippen molar-refractivity contribution in [2.75, 3.05) is 12.4 Å². The lowest BCUT2D eigenvalue weighted by molar-refractivity contribution is -0.141. The van der Waals surface area contributed by atoms with Gasteiger partial charge in [0.25, 0.3) is 0 Å². The first-order valence-electron chi connectivity index (χ1n) is 5.03. The van der Waals surface area contributed by atoms with Crippen LogP contribution in [0.3, 0.4) is 0 Å². The fourth-order valence-corrected chi connectivity index (χ4v) is 1.48. The lowest BCUT2D eigenvalue weighted by atomic mass is 10.3. The van der Waals surface area contributed by atoms with Gasteiger partial charge in [0.2, 0.25) is 0 Å². The number of hydrogen-bond acceptors (Lipinski definition) is 2. The molecule has 96 valence electrons. The second kappa shape index (κ2) is 4.32. The number of aromatic nitrogens is 2. The standard InChI is InChI=1S/C11H9F4N3/c1-16-10-6-9(11(13,14)15)17-18(10)8-4-2-7(12)3-5-8/h2-6,16H,1H3. The van der Waals surface area contributed by atoms with Gasteiger partial charge in [0.05, 0.1) is 5.69 Å². The van der Waals surface area contributed by atoms with Crippen LogP contribution in [0.1, 0.15) is 5.69 Å². The second-order valence-electron chi connectivity index (χ2n) is 3.55. The van der Waals surface area contributed by atoms with E-state index in [0.717, 1.165) is 22.9 Å². The van der Waals surface area contributed by atoms with Crippen LogP contribution in [0.25, 0.3) is 5.69 Å². The molecule has 0 atom stereocenters. The SMILES string of the molecule is CNc1cc(C(F)(F)F)nn1-c1ccc(F)cc1. The molecule has 1 N–H and O–H groups in total. The van der Waals surface area contributed by atoms with Crippen molar-refractivity contribution >= 4 is 5.82 Å². The topological polar surface area (TPSA) is 29.9 Å². The minimum atomic E-state index is -4.52. The highest BCUT2D eigenvalue weighted by Gasteiger charge is 2.35. The molecule has 2 rings (SSSR count). The Morgan fingerprint density at radius 1 is 1.17 bits per heavy atom. The maximum absolute atomic E-state index is 12.8. The molecule has 0 saturated carbocycles. The molecule has 1 aromatic heterocycles. The minimum Gasteiger partial charge on any atom is -0.373 e. The summed E-state index contributed by atoms with van der Waals surface area (Å²) in [6.07, 6.45) is -4.52. The lowest BCUT2D eigenvalue weighted by Crippen LogP contribution is -2.07. The summed E-state index contributed by atoms with van der Waals surface area (Å²) in [6, 6.07) is 5.91. The molecule has 0 aliphatic heterocycles. The van der Waals surface area contributed by atoms with Gasteiger partial charge in [-0.3, -0.25) is 0 Å². The van der Waals surface area contributed by atoms with Crippen LogP contribution in [0.15, 0.2) is 30.3 Å². The zero-order chi connectivity index (χ0) is 13.3. The van der Waals surface area contributed by atoms with Gasteiger partial charge in [-0.05, 0) is 24.3 Å². The Hall–Kier alpha value is -2.05. The second-order valence-corrected chi connectivity index (χ2v) is 3.55. The fraction of sp³-hybridized carbons (Fsp3) is 0.182. The normalized spacial score (nSPS) is 11.6. The molecule has 0 spiro atoms. The van der Waals surface area contributed by atoms with Gasteiger partial charge in [0.15, 0.2) is 5.69 Å². The summed E-state index contributed by atoms with van der Waals surface area (Å²) in [7, 11) is 1.48. The van der Waals surface area contributed by atoms with Crippen LogP contribution in [-0.2, 0) is 6.18 Å². The van der Waals surface area contributed by atoms with E-state index < -0.39 is 17.7 Å².